The van der Waals surface area contributed by atoms with Crippen LogP contribution < -0.4 is 5.32 Å². The van der Waals surface area contributed by atoms with Crippen LogP contribution in [0.1, 0.15) is 39.7 Å². The lowest BCUT2D eigenvalue weighted by atomic mass is 9.89. The van der Waals surface area contributed by atoms with Gasteiger partial charge in [-0.15, -0.1) is 0 Å². The van der Waals surface area contributed by atoms with E-state index in [9.17, 15) is 8.42 Å². The number of benzene rings is 1. The molecule has 1 aromatic carbocycles. The van der Waals surface area contributed by atoms with Crippen LogP contribution in [-0.4, -0.2) is 44.2 Å². The molecule has 0 bridgehead atoms. The van der Waals surface area contributed by atoms with E-state index in [0.29, 0.717) is 18.0 Å². The number of hydrogen-bond donors (Lipinski definition) is 1. The van der Waals surface area contributed by atoms with Crippen LogP contribution in [0.2, 0.25) is 0 Å². The van der Waals surface area contributed by atoms with Crippen LogP contribution in [0, 0.1) is 5.92 Å². The molecule has 130 valence electrons. The van der Waals surface area contributed by atoms with Gasteiger partial charge in [0.2, 0.25) is 0 Å². The van der Waals surface area contributed by atoms with Gasteiger partial charge < -0.3 is 10.2 Å². The highest BCUT2D eigenvalue weighted by atomic mass is 32.2. The van der Waals surface area contributed by atoms with Crippen molar-refractivity contribution in [1.29, 1.82) is 0 Å². The second kappa shape index (κ2) is 7.22. The second-order valence-electron chi connectivity index (χ2n) is 7.31. The van der Waals surface area contributed by atoms with E-state index in [0.717, 1.165) is 24.2 Å². The number of anilines is 1. The highest BCUT2D eigenvalue weighted by Gasteiger charge is 2.28. The van der Waals surface area contributed by atoms with Crippen molar-refractivity contribution in [2.45, 2.75) is 57.2 Å². The van der Waals surface area contributed by atoms with E-state index in [1.165, 1.54) is 0 Å². The molecule has 0 spiro atoms. The molecule has 5 heteroatoms. The maximum absolute atomic E-state index is 12.1. The molecule has 0 saturated carbocycles. The van der Waals surface area contributed by atoms with Crippen molar-refractivity contribution >= 4 is 15.5 Å². The molecule has 2 rings (SSSR count). The summed E-state index contributed by atoms with van der Waals surface area (Å²) in [6.45, 7) is 9.08. The summed E-state index contributed by atoms with van der Waals surface area (Å²) in [6, 6.07) is 8.84. The fourth-order valence-corrected chi connectivity index (χ4v) is 4.08. The van der Waals surface area contributed by atoms with E-state index in [1.807, 2.05) is 24.3 Å². The SMILES string of the molecule is CC1CN(C)C(C)CC1Nc1cccc(CS(=O)(=O)C(C)C)c1. The molecule has 0 aromatic heterocycles. The van der Waals surface area contributed by atoms with Gasteiger partial charge >= 0.3 is 0 Å². The zero-order chi connectivity index (χ0) is 17.2. The van der Waals surface area contributed by atoms with Crippen LogP contribution in [-0.2, 0) is 15.6 Å². The number of piperidine rings is 1. The molecule has 3 atom stereocenters. The molecular weight excluding hydrogens is 308 g/mol. The molecule has 1 aliphatic rings. The monoisotopic (exact) mass is 338 g/mol. The Morgan fingerprint density at radius 1 is 1.30 bits per heavy atom. The molecule has 1 N–H and O–H groups in total. The maximum atomic E-state index is 12.1. The van der Waals surface area contributed by atoms with Crippen molar-refractivity contribution in [2.75, 3.05) is 18.9 Å². The zero-order valence-corrected chi connectivity index (χ0v) is 15.7. The quantitative estimate of drug-likeness (QED) is 0.896. The smallest absolute Gasteiger partial charge is 0.156 e. The summed E-state index contributed by atoms with van der Waals surface area (Å²) in [5, 5.41) is 3.28. The van der Waals surface area contributed by atoms with E-state index in [-0.39, 0.29) is 11.0 Å². The first kappa shape index (κ1) is 18.3. The van der Waals surface area contributed by atoms with E-state index in [2.05, 4.69) is 31.1 Å². The van der Waals surface area contributed by atoms with Gasteiger partial charge in [-0.2, -0.15) is 0 Å². The first-order chi connectivity index (χ1) is 10.7. The number of likely N-dealkylation sites (tertiary alicyclic amines) is 1. The molecule has 0 aliphatic carbocycles. The van der Waals surface area contributed by atoms with Crippen LogP contribution in [0.3, 0.4) is 0 Å². The molecule has 23 heavy (non-hydrogen) atoms. The summed E-state index contributed by atoms with van der Waals surface area (Å²) in [7, 11) is -0.887. The highest BCUT2D eigenvalue weighted by molar-refractivity contribution is 7.91. The van der Waals surface area contributed by atoms with Gasteiger partial charge in [0, 0.05) is 24.3 Å². The summed E-state index contributed by atoms with van der Waals surface area (Å²) < 4.78 is 24.2. The van der Waals surface area contributed by atoms with E-state index in [4.69, 9.17) is 0 Å². The lowest BCUT2D eigenvalue weighted by Crippen LogP contribution is -2.48. The van der Waals surface area contributed by atoms with Crippen LogP contribution in [0.5, 0.6) is 0 Å². The minimum atomic E-state index is -3.06. The van der Waals surface area contributed by atoms with Gasteiger partial charge in [-0.05, 0) is 57.9 Å². The number of sulfone groups is 1. The van der Waals surface area contributed by atoms with Gasteiger partial charge in [0.05, 0.1) is 11.0 Å². The van der Waals surface area contributed by atoms with E-state index < -0.39 is 9.84 Å². The van der Waals surface area contributed by atoms with Crippen molar-refractivity contribution in [3.05, 3.63) is 29.8 Å². The van der Waals surface area contributed by atoms with Crippen LogP contribution in [0.25, 0.3) is 0 Å². The van der Waals surface area contributed by atoms with Gasteiger partial charge in [-0.3, -0.25) is 0 Å². The molecule has 0 radical (unpaired) electrons. The van der Waals surface area contributed by atoms with Gasteiger partial charge in [-0.25, -0.2) is 8.42 Å². The van der Waals surface area contributed by atoms with E-state index >= 15 is 0 Å². The molecule has 0 amide bonds. The number of nitrogens with one attached hydrogen (secondary N) is 1. The molecule has 1 fully saturated rings. The van der Waals surface area contributed by atoms with Crippen molar-refractivity contribution in [3.63, 3.8) is 0 Å². The Kier molecular flexibility index (Phi) is 5.74. The third kappa shape index (κ3) is 4.70. The number of rotatable bonds is 5. The zero-order valence-electron chi connectivity index (χ0n) is 14.9. The predicted octanol–water partition coefficient (Wildman–Crippen LogP) is 3.15. The highest BCUT2D eigenvalue weighted by Crippen LogP contribution is 2.25. The Balaban J connectivity index is 2.08. The standard InChI is InChI=1S/C18H30N2O2S/c1-13(2)23(21,22)12-16-7-6-8-17(10-16)19-18-9-15(4)20(5)11-14(18)3/h6-8,10,13-15,18-19H,9,11-12H2,1-5H3. The molecule has 1 heterocycles. The Hall–Kier alpha value is -1.07. The normalized spacial score (nSPS) is 26.4. The molecule has 1 aliphatic heterocycles. The summed E-state index contributed by atoms with van der Waals surface area (Å²) in [4.78, 5) is 2.40. The largest absolute Gasteiger partial charge is 0.382 e. The molecule has 1 aromatic rings. The Labute approximate surface area is 141 Å². The van der Waals surface area contributed by atoms with Gasteiger partial charge in [-0.1, -0.05) is 19.1 Å². The Bertz CT molecular complexity index is 628. The summed E-state index contributed by atoms with van der Waals surface area (Å²) in [5.74, 6) is 0.679. The van der Waals surface area contributed by atoms with Gasteiger partial charge in [0.25, 0.3) is 0 Å². The fraction of sp³-hybridized carbons (Fsp3) is 0.667. The van der Waals surface area contributed by atoms with Crippen LogP contribution in [0.15, 0.2) is 24.3 Å². The van der Waals surface area contributed by atoms with Gasteiger partial charge in [0.15, 0.2) is 9.84 Å². The van der Waals surface area contributed by atoms with Crippen LogP contribution >= 0.6 is 0 Å². The predicted molar refractivity (Wildman–Crippen MR) is 97.5 cm³/mol. The Morgan fingerprint density at radius 3 is 2.65 bits per heavy atom. The molecule has 3 unspecified atom stereocenters. The first-order valence-corrected chi connectivity index (χ1v) is 10.2. The minimum absolute atomic E-state index is 0.111. The van der Waals surface area contributed by atoms with Crippen LogP contribution in [0.4, 0.5) is 5.69 Å². The second-order valence-corrected chi connectivity index (χ2v) is 9.87. The third-order valence-electron chi connectivity index (χ3n) is 4.98. The fourth-order valence-electron chi connectivity index (χ4n) is 3.11. The summed E-state index contributed by atoms with van der Waals surface area (Å²) >= 11 is 0. The minimum Gasteiger partial charge on any atom is -0.382 e. The molecular formula is C18H30N2O2S. The van der Waals surface area contributed by atoms with Gasteiger partial charge in [0.1, 0.15) is 0 Å². The van der Waals surface area contributed by atoms with Crippen molar-refractivity contribution in [2.24, 2.45) is 5.92 Å². The average molecular weight is 339 g/mol. The average Bonchev–Trinajstić information content (AvgIpc) is 2.44. The van der Waals surface area contributed by atoms with Crippen molar-refractivity contribution < 1.29 is 8.42 Å². The molecule has 1 saturated heterocycles. The van der Waals surface area contributed by atoms with Crippen molar-refractivity contribution in [1.82, 2.24) is 4.90 Å². The number of hydrogen-bond acceptors (Lipinski definition) is 4. The maximum Gasteiger partial charge on any atom is 0.156 e. The molecule has 4 nitrogen and oxygen atoms in total. The lowest BCUT2D eigenvalue weighted by Gasteiger charge is -2.40. The third-order valence-corrected chi connectivity index (χ3v) is 7.15. The topological polar surface area (TPSA) is 49.4 Å². The summed E-state index contributed by atoms with van der Waals surface area (Å²) in [6.07, 6.45) is 1.10. The van der Waals surface area contributed by atoms with E-state index in [1.54, 1.807) is 13.8 Å². The number of nitrogens with zero attached hydrogens (tertiary/aromatic N) is 1. The summed E-state index contributed by atoms with van der Waals surface area (Å²) in [5.41, 5.74) is 1.88. The Morgan fingerprint density at radius 2 is 2.00 bits per heavy atom. The lowest BCUT2D eigenvalue weighted by molar-refractivity contribution is 0.145. The van der Waals surface area contributed by atoms with Crippen molar-refractivity contribution in [3.8, 4) is 0 Å². The first-order valence-electron chi connectivity index (χ1n) is 8.46.